The van der Waals surface area contributed by atoms with E-state index in [4.69, 9.17) is 4.98 Å². The molecule has 0 aliphatic carbocycles. The van der Waals surface area contributed by atoms with Gasteiger partial charge in [0.2, 0.25) is 0 Å². The zero-order valence-corrected chi connectivity index (χ0v) is 13.0. The smallest absolute Gasteiger partial charge is 0.0928 e. The molecule has 2 heterocycles. The minimum atomic E-state index is 0.275. The van der Waals surface area contributed by atoms with Crippen LogP contribution in [0, 0.1) is 0 Å². The molecule has 1 aliphatic heterocycles. The van der Waals surface area contributed by atoms with E-state index >= 15 is 0 Å². The maximum atomic E-state index is 9.52. The van der Waals surface area contributed by atoms with Crippen LogP contribution in [0.5, 0.6) is 0 Å². The molecule has 2 rings (SSSR count). The van der Waals surface area contributed by atoms with Gasteiger partial charge >= 0.3 is 0 Å². The van der Waals surface area contributed by atoms with E-state index in [2.05, 4.69) is 24.1 Å². The summed E-state index contributed by atoms with van der Waals surface area (Å²) in [5.74, 6) is 0. The third-order valence-corrected chi connectivity index (χ3v) is 5.05. The van der Waals surface area contributed by atoms with Gasteiger partial charge in [0.1, 0.15) is 0 Å². The van der Waals surface area contributed by atoms with Crippen molar-refractivity contribution in [2.45, 2.75) is 71.0 Å². The highest BCUT2D eigenvalue weighted by molar-refractivity contribution is 7.09. The van der Waals surface area contributed by atoms with Crippen LogP contribution in [0.3, 0.4) is 0 Å². The summed E-state index contributed by atoms with van der Waals surface area (Å²) in [4.78, 5) is 7.17. The number of aliphatic hydroxyl groups excluding tert-OH is 1. The van der Waals surface area contributed by atoms with Crippen LogP contribution in [0.15, 0.2) is 5.38 Å². The second-order valence-corrected chi connectivity index (χ2v) is 6.57. The summed E-state index contributed by atoms with van der Waals surface area (Å²) in [5, 5.41) is 13.0. The van der Waals surface area contributed by atoms with E-state index in [1.54, 1.807) is 11.3 Å². The van der Waals surface area contributed by atoms with Gasteiger partial charge in [-0.05, 0) is 32.6 Å². The van der Waals surface area contributed by atoms with Crippen LogP contribution in [-0.4, -0.2) is 33.7 Å². The molecule has 1 aromatic heterocycles. The van der Waals surface area contributed by atoms with E-state index in [9.17, 15) is 5.11 Å². The van der Waals surface area contributed by atoms with Crippen molar-refractivity contribution in [3.8, 4) is 0 Å². The summed E-state index contributed by atoms with van der Waals surface area (Å²) in [6.45, 7) is 5.66. The van der Waals surface area contributed by atoms with E-state index in [-0.39, 0.29) is 6.61 Å². The van der Waals surface area contributed by atoms with E-state index < -0.39 is 0 Å². The summed E-state index contributed by atoms with van der Waals surface area (Å²) >= 11 is 1.79. The van der Waals surface area contributed by atoms with Crippen LogP contribution in [0.2, 0.25) is 0 Å². The number of piperidine rings is 1. The molecule has 0 spiro atoms. The molecule has 0 radical (unpaired) electrons. The Morgan fingerprint density at radius 1 is 1.47 bits per heavy atom. The van der Waals surface area contributed by atoms with Gasteiger partial charge in [-0.3, -0.25) is 4.90 Å². The van der Waals surface area contributed by atoms with E-state index in [0.717, 1.165) is 19.4 Å². The summed E-state index contributed by atoms with van der Waals surface area (Å²) in [6.07, 6.45) is 7.16. The fraction of sp³-hybridized carbons (Fsp3) is 0.800. The molecule has 0 aromatic carbocycles. The quantitative estimate of drug-likeness (QED) is 0.870. The highest BCUT2D eigenvalue weighted by atomic mass is 32.1. The van der Waals surface area contributed by atoms with Crippen LogP contribution in [0.25, 0.3) is 0 Å². The highest BCUT2D eigenvalue weighted by Gasteiger charge is 2.27. The molecule has 1 saturated heterocycles. The Balaban J connectivity index is 1.96. The fourth-order valence-corrected chi connectivity index (χ4v) is 3.70. The summed E-state index contributed by atoms with van der Waals surface area (Å²) in [5.41, 5.74) is 1.18. The number of hydrogen-bond donors (Lipinski definition) is 1. The average molecular weight is 282 g/mol. The van der Waals surface area contributed by atoms with Crippen molar-refractivity contribution >= 4 is 11.3 Å². The van der Waals surface area contributed by atoms with Crippen molar-refractivity contribution in [1.82, 2.24) is 9.88 Å². The van der Waals surface area contributed by atoms with Crippen molar-refractivity contribution in [3.05, 3.63) is 16.1 Å². The third kappa shape index (κ3) is 4.01. The molecule has 0 amide bonds. The Hall–Kier alpha value is -0.450. The van der Waals surface area contributed by atoms with Crippen LogP contribution in [0.1, 0.15) is 56.7 Å². The highest BCUT2D eigenvalue weighted by Crippen LogP contribution is 2.25. The molecule has 108 valence electrons. The molecule has 2 atom stereocenters. The molecule has 3 nitrogen and oxygen atoms in total. The van der Waals surface area contributed by atoms with E-state index in [0.29, 0.717) is 12.1 Å². The van der Waals surface area contributed by atoms with Crippen LogP contribution >= 0.6 is 11.3 Å². The monoisotopic (exact) mass is 282 g/mol. The van der Waals surface area contributed by atoms with Gasteiger partial charge in [-0.1, -0.05) is 19.8 Å². The van der Waals surface area contributed by atoms with E-state index in [1.807, 2.05) is 0 Å². The minimum Gasteiger partial charge on any atom is -0.395 e. The first kappa shape index (κ1) is 14.9. The van der Waals surface area contributed by atoms with Gasteiger partial charge in [0.05, 0.1) is 17.3 Å². The third-order valence-electron chi connectivity index (χ3n) is 4.09. The number of nitrogens with zero attached hydrogens (tertiary/aromatic N) is 2. The normalized spacial score (nSPS) is 24.8. The van der Waals surface area contributed by atoms with Crippen molar-refractivity contribution in [2.75, 3.05) is 6.61 Å². The molecular formula is C15H26N2OS. The van der Waals surface area contributed by atoms with Crippen LogP contribution < -0.4 is 0 Å². The van der Waals surface area contributed by atoms with Crippen molar-refractivity contribution in [3.63, 3.8) is 0 Å². The zero-order valence-electron chi connectivity index (χ0n) is 12.1. The molecular weight excluding hydrogens is 256 g/mol. The van der Waals surface area contributed by atoms with E-state index in [1.165, 1.54) is 36.4 Å². The van der Waals surface area contributed by atoms with Gasteiger partial charge in [0.25, 0.3) is 0 Å². The Morgan fingerprint density at radius 2 is 2.32 bits per heavy atom. The first-order valence-corrected chi connectivity index (χ1v) is 8.42. The first-order chi connectivity index (χ1) is 9.24. The number of aromatic nitrogens is 1. The fourth-order valence-electron chi connectivity index (χ4n) is 2.87. The Morgan fingerprint density at radius 3 is 3.05 bits per heavy atom. The second kappa shape index (κ2) is 7.36. The molecule has 2 unspecified atom stereocenters. The van der Waals surface area contributed by atoms with Crippen molar-refractivity contribution in [1.29, 1.82) is 0 Å². The average Bonchev–Trinajstić information content (AvgIpc) is 2.86. The van der Waals surface area contributed by atoms with Gasteiger partial charge in [-0.2, -0.15) is 0 Å². The Kier molecular flexibility index (Phi) is 5.79. The number of likely N-dealkylation sites (tertiary alicyclic amines) is 1. The molecule has 0 saturated carbocycles. The molecule has 0 bridgehead atoms. The largest absolute Gasteiger partial charge is 0.395 e. The SMILES string of the molecule is CCCCc1nc(CN2C(C)CCCC2CO)cs1. The summed E-state index contributed by atoms with van der Waals surface area (Å²) in [6, 6.07) is 0.885. The minimum absolute atomic E-state index is 0.275. The first-order valence-electron chi connectivity index (χ1n) is 7.54. The predicted molar refractivity (Wildman–Crippen MR) is 80.5 cm³/mol. The number of aryl methyl sites for hydroxylation is 1. The number of rotatable bonds is 6. The Bertz CT molecular complexity index is 380. The Labute approximate surface area is 120 Å². The maximum absolute atomic E-state index is 9.52. The van der Waals surface area contributed by atoms with Gasteiger partial charge in [0.15, 0.2) is 0 Å². The topological polar surface area (TPSA) is 36.4 Å². The van der Waals surface area contributed by atoms with Gasteiger partial charge in [-0.15, -0.1) is 11.3 Å². The van der Waals surface area contributed by atoms with Crippen molar-refractivity contribution in [2.24, 2.45) is 0 Å². The maximum Gasteiger partial charge on any atom is 0.0928 e. The number of unbranched alkanes of at least 4 members (excludes halogenated alkanes) is 1. The molecule has 1 N–H and O–H groups in total. The number of hydrogen-bond acceptors (Lipinski definition) is 4. The lowest BCUT2D eigenvalue weighted by molar-refractivity contribution is 0.0443. The number of aliphatic hydroxyl groups is 1. The molecule has 1 aliphatic rings. The lowest BCUT2D eigenvalue weighted by Crippen LogP contribution is -2.46. The van der Waals surface area contributed by atoms with Crippen LogP contribution in [0.4, 0.5) is 0 Å². The lowest BCUT2D eigenvalue weighted by Gasteiger charge is -2.39. The van der Waals surface area contributed by atoms with Gasteiger partial charge < -0.3 is 5.11 Å². The summed E-state index contributed by atoms with van der Waals surface area (Å²) in [7, 11) is 0. The molecule has 1 fully saturated rings. The molecule has 4 heteroatoms. The van der Waals surface area contributed by atoms with Crippen molar-refractivity contribution < 1.29 is 5.11 Å². The predicted octanol–water partition coefficient (Wildman–Crippen LogP) is 3.22. The molecule has 19 heavy (non-hydrogen) atoms. The van der Waals surface area contributed by atoms with Gasteiger partial charge in [0, 0.05) is 24.0 Å². The number of thiazole rings is 1. The van der Waals surface area contributed by atoms with Gasteiger partial charge in [-0.25, -0.2) is 4.98 Å². The second-order valence-electron chi connectivity index (χ2n) is 5.62. The molecule has 1 aromatic rings. The zero-order chi connectivity index (χ0) is 13.7. The van der Waals surface area contributed by atoms with Crippen LogP contribution in [-0.2, 0) is 13.0 Å². The standard InChI is InChI=1S/C15H26N2OS/c1-3-4-8-15-16-13(11-19-15)9-17-12(2)6-5-7-14(17)10-18/h11-12,14,18H,3-10H2,1-2H3. The summed E-state index contributed by atoms with van der Waals surface area (Å²) < 4.78 is 0. The lowest BCUT2D eigenvalue weighted by atomic mass is 9.97.